The van der Waals surface area contributed by atoms with Gasteiger partial charge in [0.05, 0.1) is 12.1 Å². The van der Waals surface area contributed by atoms with Gasteiger partial charge in [0, 0.05) is 18.1 Å². The molecular weight excluding hydrogens is 388 g/mol. The molecule has 1 aliphatic rings. The summed E-state index contributed by atoms with van der Waals surface area (Å²) >= 11 is 0. The summed E-state index contributed by atoms with van der Waals surface area (Å²) < 4.78 is 32.6. The third-order valence-electron chi connectivity index (χ3n) is 5.09. The Morgan fingerprint density at radius 3 is 2.60 bits per heavy atom. The molecule has 152 valence electrons. The van der Waals surface area contributed by atoms with Crippen LogP contribution >= 0.6 is 0 Å². The van der Waals surface area contributed by atoms with Gasteiger partial charge in [0.2, 0.25) is 0 Å². The Hall–Kier alpha value is -3.54. The fourth-order valence-corrected chi connectivity index (χ4v) is 3.62. The molecule has 30 heavy (non-hydrogen) atoms. The minimum atomic E-state index is -0.906. The molecule has 0 bridgehead atoms. The van der Waals surface area contributed by atoms with Crippen molar-refractivity contribution in [1.29, 1.82) is 0 Å². The van der Waals surface area contributed by atoms with Crippen molar-refractivity contribution in [1.82, 2.24) is 5.32 Å². The van der Waals surface area contributed by atoms with Gasteiger partial charge < -0.3 is 10.1 Å². The summed E-state index contributed by atoms with van der Waals surface area (Å²) in [6.07, 6.45) is 0.267. The quantitative estimate of drug-likeness (QED) is 0.631. The van der Waals surface area contributed by atoms with Crippen LogP contribution in [0, 0.1) is 11.6 Å². The number of hydrogen-bond donors (Lipinski definition) is 1. The van der Waals surface area contributed by atoms with Crippen LogP contribution in [-0.2, 0) is 6.42 Å². The number of nitrogens with one attached hydrogen (secondary N) is 1. The Morgan fingerprint density at radius 1 is 1.03 bits per heavy atom. The number of halogens is 2. The van der Waals surface area contributed by atoms with Crippen molar-refractivity contribution in [3.8, 4) is 16.9 Å². The highest BCUT2D eigenvalue weighted by molar-refractivity contribution is 6.00. The highest BCUT2D eigenvalue weighted by atomic mass is 19.1. The van der Waals surface area contributed by atoms with E-state index in [1.165, 1.54) is 6.92 Å². The topological polar surface area (TPSA) is 55.4 Å². The van der Waals surface area contributed by atoms with E-state index >= 15 is 0 Å². The molecule has 0 spiro atoms. The molecule has 0 fully saturated rings. The van der Waals surface area contributed by atoms with Crippen LogP contribution in [0.25, 0.3) is 11.1 Å². The summed E-state index contributed by atoms with van der Waals surface area (Å²) in [7, 11) is 0. The van der Waals surface area contributed by atoms with E-state index < -0.39 is 17.5 Å². The molecule has 0 unspecified atom stereocenters. The van der Waals surface area contributed by atoms with Crippen LogP contribution in [-0.4, -0.2) is 24.3 Å². The van der Waals surface area contributed by atoms with Gasteiger partial charge >= 0.3 is 0 Å². The lowest BCUT2D eigenvalue weighted by Gasteiger charge is -2.12. The standard InChI is InChI=1S/C24H19F2NO3/c1-14(28)19-4-2-3-5-20(19)15-6-9-23-16(10-15)11-18(30-23)13-27-24(29)21-8-7-17(25)12-22(21)26/h2-10,12,18H,11,13H2,1H3,(H,27,29)/t18-/m1/s1. The average Bonchev–Trinajstić information content (AvgIpc) is 3.14. The van der Waals surface area contributed by atoms with E-state index in [1.807, 2.05) is 36.4 Å². The summed E-state index contributed by atoms with van der Waals surface area (Å²) in [5.41, 5.74) is 3.19. The zero-order valence-electron chi connectivity index (χ0n) is 16.2. The minimum absolute atomic E-state index is 0.00374. The SMILES string of the molecule is CC(=O)c1ccccc1-c1ccc2c(c1)C[C@H](CNC(=O)c1ccc(F)cc1F)O2. The number of benzene rings is 3. The second kappa shape index (κ2) is 8.06. The fourth-order valence-electron chi connectivity index (χ4n) is 3.62. The van der Waals surface area contributed by atoms with E-state index in [1.54, 1.807) is 6.07 Å². The predicted molar refractivity (Wildman–Crippen MR) is 109 cm³/mol. The molecule has 0 saturated carbocycles. The molecule has 0 aromatic heterocycles. The molecule has 6 heteroatoms. The average molecular weight is 407 g/mol. The van der Waals surface area contributed by atoms with Gasteiger partial charge in [-0.15, -0.1) is 0 Å². The Kier molecular flexibility index (Phi) is 5.31. The number of fused-ring (bicyclic) bond motifs is 1. The van der Waals surface area contributed by atoms with Crippen molar-refractivity contribution in [2.45, 2.75) is 19.4 Å². The maximum Gasteiger partial charge on any atom is 0.254 e. The van der Waals surface area contributed by atoms with Crippen molar-refractivity contribution >= 4 is 11.7 Å². The summed E-state index contributed by atoms with van der Waals surface area (Å²) in [5.74, 6) is -1.55. The monoisotopic (exact) mass is 407 g/mol. The highest BCUT2D eigenvalue weighted by Gasteiger charge is 2.25. The number of amides is 1. The van der Waals surface area contributed by atoms with Crippen LogP contribution in [0.2, 0.25) is 0 Å². The second-order valence-corrected chi connectivity index (χ2v) is 7.20. The molecule has 1 aliphatic heterocycles. The number of rotatable bonds is 5. The zero-order valence-corrected chi connectivity index (χ0v) is 16.2. The van der Waals surface area contributed by atoms with E-state index in [-0.39, 0.29) is 24.0 Å². The van der Waals surface area contributed by atoms with Gasteiger partial charge in [0.25, 0.3) is 5.91 Å². The van der Waals surface area contributed by atoms with E-state index in [9.17, 15) is 18.4 Å². The maximum absolute atomic E-state index is 13.8. The third-order valence-corrected chi connectivity index (χ3v) is 5.09. The number of hydrogen-bond acceptors (Lipinski definition) is 3. The Labute approximate surface area is 172 Å². The predicted octanol–water partition coefficient (Wildman–Crippen LogP) is 4.57. The van der Waals surface area contributed by atoms with E-state index in [4.69, 9.17) is 4.74 Å². The van der Waals surface area contributed by atoms with Crippen LogP contribution in [0.1, 0.15) is 33.2 Å². The molecule has 1 heterocycles. The van der Waals surface area contributed by atoms with Gasteiger partial charge in [0.15, 0.2) is 5.78 Å². The first kappa shape index (κ1) is 19.8. The van der Waals surface area contributed by atoms with Crippen LogP contribution < -0.4 is 10.1 Å². The van der Waals surface area contributed by atoms with Gasteiger partial charge in [-0.25, -0.2) is 8.78 Å². The van der Waals surface area contributed by atoms with Crippen LogP contribution in [0.4, 0.5) is 8.78 Å². The third kappa shape index (κ3) is 3.94. The van der Waals surface area contributed by atoms with E-state index in [0.717, 1.165) is 28.8 Å². The van der Waals surface area contributed by atoms with Gasteiger partial charge in [-0.05, 0) is 47.9 Å². The Morgan fingerprint density at radius 2 is 1.83 bits per heavy atom. The number of carbonyl (C=O) groups is 2. The number of ketones is 1. The fraction of sp³-hybridized carbons (Fsp3) is 0.167. The summed E-state index contributed by atoms with van der Waals surface area (Å²) in [6.45, 7) is 1.72. The van der Waals surface area contributed by atoms with Crippen LogP contribution in [0.5, 0.6) is 5.75 Å². The minimum Gasteiger partial charge on any atom is -0.488 e. The summed E-state index contributed by atoms with van der Waals surface area (Å²) in [5, 5.41) is 2.64. The molecule has 3 aromatic rings. The molecule has 1 atom stereocenters. The van der Waals surface area contributed by atoms with Gasteiger partial charge in [-0.1, -0.05) is 30.3 Å². The van der Waals surface area contributed by atoms with Crippen molar-refractivity contribution in [3.63, 3.8) is 0 Å². The van der Waals surface area contributed by atoms with Crippen molar-refractivity contribution < 1.29 is 23.1 Å². The number of Topliss-reactive ketones (excluding diaryl/α,β-unsaturated/α-hetero) is 1. The maximum atomic E-state index is 13.8. The normalized spacial score (nSPS) is 14.7. The molecule has 1 amide bonds. The first-order valence-corrected chi connectivity index (χ1v) is 9.55. The lowest BCUT2D eigenvalue weighted by molar-refractivity contribution is 0.0928. The van der Waals surface area contributed by atoms with Crippen molar-refractivity contribution in [2.75, 3.05) is 6.54 Å². The van der Waals surface area contributed by atoms with E-state index in [2.05, 4.69) is 5.32 Å². The Balaban J connectivity index is 1.45. The molecule has 3 aromatic carbocycles. The first-order valence-electron chi connectivity index (χ1n) is 9.55. The summed E-state index contributed by atoms with van der Waals surface area (Å²) in [6, 6.07) is 16.0. The second-order valence-electron chi connectivity index (χ2n) is 7.20. The van der Waals surface area contributed by atoms with Crippen molar-refractivity contribution in [2.24, 2.45) is 0 Å². The molecular formula is C24H19F2NO3. The molecule has 4 rings (SSSR count). The Bertz CT molecular complexity index is 1140. The molecule has 1 N–H and O–H groups in total. The molecule has 0 saturated heterocycles. The zero-order chi connectivity index (χ0) is 21.3. The smallest absolute Gasteiger partial charge is 0.254 e. The first-order chi connectivity index (χ1) is 14.4. The van der Waals surface area contributed by atoms with E-state index in [0.29, 0.717) is 23.8 Å². The van der Waals surface area contributed by atoms with Crippen LogP contribution in [0.15, 0.2) is 60.7 Å². The largest absolute Gasteiger partial charge is 0.488 e. The van der Waals surface area contributed by atoms with Crippen molar-refractivity contribution in [3.05, 3.63) is 89.0 Å². The lowest BCUT2D eigenvalue weighted by atomic mass is 9.95. The summed E-state index contributed by atoms with van der Waals surface area (Å²) in [4.78, 5) is 24.1. The molecule has 4 nitrogen and oxygen atoms in total. The van der Waals surface area contributed by atoms with Gasteiger partial charge in [0.1, 0.15) is 23.5 Å². The number of ether oxygens (including phenoxy) is 1. The van der Waals surface area contributed by atoms with Gasteiger partial charge in [-0.2, -0.15) is 0 Å². The van der Waals surface area contributed by atoms with Crippen LogP contribution in [0.3, 0.4) is 0 Å². The molecule has 0 radical (unpaired) electrons. The lowest BCUT2D eigenvalue weighted by Crippen LogP contribution is -2.34. The number of carbonyl (C=O) groups excluding carboxylic acids is 2. The highest BCUT2D eigenvalue weighted by Crippen LogP contribution is 2.34. The van der Waals surface area contributed by atoms with Gasteiger partial charge in [-0.3, -0.25) is 9.59 Å². The molecule has 0 aliphatic carbocycles.